The summed E-state index contributed by atoms with van der Waals surface area (Å²) in [4.78, 5) is 15.9. The topological polar surface area (TPSA) is 123 Å². The van der Waals surface area contributed by atoms with Gasteiger partial charge in [-0.15, -0.1) is 0 Å². The van der Waals surface area contributed by atoms with Crippen LogP contribution in [-0.2, 0) is 21.2 Å². The van der Waals surface area contributed by atoms with Crippen LogP contribution in [0, 0.1) is 5.92 Å². The molecule has 1 heterocycles. The van der Waals surface area contributed by atoms with Crippen LogP contribution in [-0.4, -0.2) is 24.5 Å². The quantitative estimate of drug-likeness (QED) is 0.579. The average molecular weight is 414 g/mol. The second-order valence-electron chi connectivity index (χ2n) is 6.70. The second-order valence-corrected chi connectivity index (χ2v) is 8.26. The third kappa shape index (κ3) is 4.90. The maximum atomic E-state index is 11.5. The lowest BCUT2D eigenvalue weighted by Gasteiger charge is -2.06. The lowest BCUT2D eigenvalue weighted by Crippen LogP contribution is -2.13. The third-order valence-corrected chi connectivity index (χ3v) is 5.64. The Morgan fingerprint density at radius 2 is 1.76 bits per heavy atom. The number of hydrogen-bond acceptors (Lipinski definition) is 5. The lowest BCUT2D eigenvalue weighted by molar-refractivity contribution is -0.142. The number of aryl methyl sites for hydroxylation is 1. The molecule has 0 saturated heterocycles. The van der Waals surface area contributed by atoms with Crippen molar-refractivity contribution in [3.8, 4) is 22.6 Å². The van der Waals surface area contributed by atoms with Crippen LogP contribution in [0.4, 0.5) is 0 Å². The molecule has 0 amide bonds. The number of carboxylic acid groups (broad SMARTS) is 1. The zero-order valence-corrected chi connectivity index (χ0v) is 16.7. The number of carbonyl (C=O) groups is 1. The van der Waals surface area contributed by atoms with Crippen molar-refractivity contribution in [3.05, 3.63) is 60.5 Å². The predicted octanol–water partition coefficient (Wildman–Crippen LogP) is 3.70. The number of hydrogen-bond donors (Lipinski definition) is 2. The van der Waals surface area contributed by atoms with Gasteiger partial charge >= 0.3 is 5.97 Å². The first kappa shape index (κ1) is 20.8. The van der Waals surface area contributed by atoms with Crippen molar-refractivity contribution in [2.45, 2.75) is 31.1 Å². The van der Waals surface area contributed by atoms with Crippen molar-refractivity contribution in [2.75, 3.05) is 0 Å². The molecule has 3 rings (SSSR count). The zero-order valence-electron chi connectivity index (χ0n) is 15.9. The maximum absolute atomic E-state index is 11.5. The summed E-state index contributed by atoms with van der Waals surface area (Å²) in [6.45, 7) is 1.84. The number of aromatic nitrogens is 1. The summed E-state index contributed by atoms with van der Waals surface area (Å²) in [7, 11) is -3.79. The van der Waals surface area contributed by atoms with Gasteiger partial charge in [0.1, 0.15) is 5.69 Å². The fourth-order valence-corrected chi connectivity index (χ4v) is 3.57. The molecule has 1 aromatic heterocycles. The van der Waals surface area contributed by atoms with Gasteiger partial charge in [-0.25, -0.2) is 18.5 Å². The molecule has 8 heteroatoms. The van der Waals surface area contributed by atoms with Gasteiger partial charge in [-0.3, -0.25) is 4.79 Å². The maximum Gasteiger partial charge on any atom is 0.306 e. The summed E-state index contributed by atoms with van der Waals surface area (Å²) in [6.07, 6.45) is 1.34. The van der Waals surface area contributed by atoms with Crippen LogP contribution < -0.4 is 5.14 Å². The van der Waals surface area contributed by atoms with E-state index in [0.29, 0.717) is 42.2 Å². The summed E-state index contributed by atoms with van der Waals surface area (Å²) in [6, 6.07) is 15.5. The zero-order chi connectivity index (χ0) is 21.0. The normalized spacial score (nSPS) is 12.6. The first-order valence-corrected chi connectivity index (χ1v) is 10.8. The molecule has 152 valence electrons. The Bertz CT molecular complexity index is 1090. The van der Waals surface area contributed by atoms with Crippen molar-refractivity contribution in [1.29, 1.82) is 0 Å². The molecular formula is C21H22N2O5S. The number of nitrogens with zero attached hydrogens (tertiary/aromatic N) is 1. The Morgan fingerprint density at radius 3 is 2.31 bits per heavy atom. The van der Waals surface area contributed by atoms with Crippen LogP contribution in [0.2, 0.25) is 0 Å². The average Bonchev–Trinajstić information content (AvgIpc) is 3.12. The summed E-state index contributed by atoms with van der Waals surface area (Å²) < 4.78 is 29.0. The highest BCUT2D eigenvalue weighted by molar-refractivity contribution is 7.89. The first-order valence-electron chi connectivity index (χ1n) is 9.20. The number of benzene rings is 2. The van der Waals surface area contributed by atoms with Gasteiger partial charge in [0.15, 0.2) is 11.7 Å². The van der Waals surface area contributed by atoms with E-state index < -0.39 is 21.9 Å². The van der Waals surface area contributed by atoms with E-state index in [9.17, 15) is 18.3 Å². The standard InChI is InChI=1S/C21H22N2O5S/c1-2-14(21(24)25)10-13-18-23-19(15-6-4-3-5-7-15)20(28-18)16-8-11-17(12-9-16)29(22,26)27/h3-9,11-12,14H,2,10,13H2,1H3,(H,24,25)(H2,22,26,27). The van der Waals surface area contributed by atoms with Crippen LogP contribution in [0.15, 0.2) is 63.9 Å². The van der Waals surface area contributed by atoms with E-state index in [1.165, 1.54) is 12.1 Å². The minimum Gasteiger partial charge on any atom is -0.481 e. The van der Waals surface area contributed by atoms with E-state index in [-0.39, 0.29) is 4.90 Å². The molecular weight excluding hydrogens is 392 g/mol. The van der Waals surface area contributed by atoms with Gasteiger partial charge in [0.05, 0.1) is 10.8 Å². The largest absolute Gasteiger partial charge is 0.481 e. The van der Waals surface area contributed by atoms with Gasteiger partial charge in [-0.05, 0) is 37.1 Å². The molecule has 0 spiro atoms. The van der Waals surface area contributed by atoms with E-state index in [1.807, 2.05) is 37.3 Å². The van der Waals surface area contributed by atoms with E-state index in [4.69, 9.17) is 9.56 Å². The lowest BCUT2D eigenvalue weighted by atomic mass is 10.0. The van der Waals surface area contributed by atoms with Crippen LogP contribution >= 0.6 is 0 Å². The predicted molar refractivity (Wildman–Crippen MR) is 108 cm³/mol. The van der Waals surface area contributed by atoms with Crippen molar-refractivity contribution in [2.24, 2.45) is 11.1 Å². The summed E-state index contributed by atoms with van der Waals surface area (Å²) >= 11 is 0. The number of oxazole rings is 1. The van der Waals surface area contributed by atoms with Gasteiger partial charge in [-0.2, -0.15) is 0 Å². The molecule has 0 radical (unpaired) electrons. The van der Waals surface area contributed by atoms with Crippen molar-refractivity contribution in [3.63, 3.8) is 0 Å². The number of sulfonamides is 1. The molecule has 0 aliphatic rings. The van der Waals surface area contributed by atoms with Crippen LogP contribution in [0.1, 0.15) is 25.7 Å². The Hall–Kier alpha value is -2.97. The van der Waals surface area contributed by atoms with Crippen molar-refractivity contribution in [1.82, 2.24) is 4.98 Å². The number of nitrogens with two attached hydrogens (primary N) is 1. The Labute approximate surface area is 169 Å². The molecule has 0 saturated carbocycles. The number of aliphatic carboxylic acids is 1. The number of rotatable bonds is 8. The fraction of sp³-hybridized carbons (Fsp3) is 0.238. The van der Waals surface area contributed by atoms with E-state index in [2.05, 4.69) is 4.98 Å². The van der Waals surface area contributed by atoms with Crippen molar-refractivity contribution < 1.29 is 22.7 Å². The molecule has 0 bridgehead atoms. The molecule has 1 unspecified atom stereocenters. The highest BCUT2D eigenvalue weighted by atomic mass is 32.2. The molecule has 0 fully saturated rings. The second kappa shape index (κ2) is 8.59. The van der Waals surface area contributed by atoms with E-state index in [0.717, 1.165) is 5.56 Å². The van der Waals surface area contributed by atoms with E-state index >= 15 is 0 Å². The minimum absolute atomic E-state index is 0.00879. The number of carboxylic acids is 1. The Balaban J connectivity index is 1.98. The Kier molecular flexibility index (Phi) is 6.14. The SMILES string of the molecule is CCC(CCc1nc(-c2ccccc2)c(-c2ccc(S(N)(=O)=O)cc2)o1)C(=O)O. The van der Waals surface area contributed by atoms with Gasteiger partial charge in [0, 0.05) is 17.5 Å². The smallest absolute Gasteiger partial charge is 0.306 e. The minimum atomic E-state index is -3.79. The van der Waals surface area contributed by atoms with Crippen molar-refractivity contribution >= 4 is 16.0 Å². The van der Waals surface area contributed by atoms with E-state index in [1.54, 1.807) is 12.1 Å². The highest BCUT2D eigenvalue weighted by Gasteiger charge is 2.20. The van der Waals surface area contributed by atoms with Gasteiger partial charge < -0.3 is 9.52 Å². The molecule has 1 atom stereocenters. The molecule has 29 heavy (non-hydrogen) atoms. The monoisotopic (exact) mass is 414 g/mol. The van der Waals surface area contributed by atoms with Crippen LogP contribution in [0.25, 0.3) is 22.6 Å². The third-order valence-electron chi connectivity index (χ3n) is 4.71. The van der Waals surface area contributed by atoms with Crippen LogP contribution in [0.5, 0.6) is 0 Å². The molecule has 0 aliphatic heterocycles. The molecule has 7 nitrogen and oxygen atoms in total. The molecule has 0 aliphatic carbocycles. The molecule has 3 N–H and O–H groups in total. The highest BCUT2D eigenvalue weighted by Crippen LogP contribution is 2.33. The van der Waals surface area contributed by atoms with Gasteiger partial charge in [0.25, 0.3) is 0 Å². The molecule has 2 aromatic carbocycles. The van der Waals surface area contributed by atoms with Gasteiger partial charge in [-0.1, -0.05) is 37.3 Å². The first-order chi connectivity index (χ1) is 13.8. The summed E-state index contributed by atoms with van der Waals surface area (Å²) in [5.41, 5.74) is 2.12. The fourth-order valence-electron chi connectivity index (χ4n) is 3.05. The molecule has 3 aromatic rings. The van der Waals surface area contributed by atoms with Gasteiger partial charge in [0.2, 0.25) is 10.0 Å². The number of primary sulfonamides is 1. The van der Waals surface area contributed by atoms with Crippen LogP contribution in [0.3, 0.4) is 0 Å². The summed E-state index contributed by atoms with van der Waals surface area (Å²) in [5.74, 6) is -0.356. The Morgan fingerprint density at radius 1 is 1.10 bits per heavy atom. The summed E-state index contributed by atoms with van der Waals surface area (Å²) in [5, 5.41) is 14.4.